The second-order valence-electron chi connectivity index (χ2n) is 13.6. The highest BCUT2D eigenvalue weighted by Crippen LogP contribution is 2.38. The van der Waals surface area contributed by atoms with Gasteiger partial charge in [0.25, 0.3) is 5.91 Å². The molecule has 9 aromatic rings. The zero-order chi connectivity index (χ0) is 38.9. The number of likely N-dealkylation sites (N-methyl/N-ethyl adjacent to an activating group) is 1. The van der Waals surface area contributed by atoms with Crippen LogP contribution in [0.15, 0.2) is 127 Å². The van der Waals surface area contributed by atoms with Gasteiger partial charge in [0.15, 0.2) is 0 Å². The molecule has 1 aliphatic rings. The van der Waals surface area contributed by atoms with Gasteiger partial charge in [-0.05, 0) is 54.2 Å². The minimum atomic E-state index is -0.993. The van der Waals surface area contributed by atoms with Gasteiger partial charge in [0, 0.05) is 93.4 Å². The molecule has 5 aromatic heterocycles. The first kappa shape index (κ1) is 36.0. The molecule has 4 aromatic carbocycles. The summed E-state index contributed by atoms with van der Waals surface area (Å²) in [5.74, 6) is -0.293. The molecule has 0 radical (unpaired) electrons. The number of rotatable bonds is 6. The van der Waals surface area contributed by atoms with E-state index >= 15 is 0 Å². The van der Waals surface area contributed by atoms with E-state index in [0.29, 0.717) is 33.3 Å². The van der Waals surface area contributed by atoms with Crippen molar-refractivity contribution in [1.29, 1.82) is 0 Å². The van der Waals surface area contributed by atoms with E-state index in [1.54, 1.807) is 53.5 Å². The quantitative estimate of drug-likeness (QED) is 0.168. The van der Waals surface area contributed by atoms with Crippen LogP contribution in [0.25, 0.3) is 64.5 Å². The summed E-state index contributed by atoms with van der Waals surface area (Å²) in [6, 6.07) is 27.5. The summed E-state index contributed by atoms with van der Waals surface area (Å²) in [6.07, 6.45) is 8.12. The number of pyridine rings is 1. The molecule has 57 heavy (non-hydrogen) atoms. The van der Waals surface area contributed by atoms with Gasteiger partial charge in [-0.1, -0.05) is 48.5 Å². The van der Waals surface area contributed by atoms with Gasteiger partial charge in [0.1, 0.15) is 16.9 Å². The number of hydrogen-bond donors (Lipinski definition) is 2. The Labute approximate surface area is 335 Å². The molecule has 0 unspecified atom stereocenters. The van der Waals surface area contributed by atoms with Crippen LogP contribution in [0.5, 0.6) is 0 Å². The summed E-state index contributed by atoms with van der Waals surface area (Å²) in [7, 11) is 2.13. The predicted molar refractivity (Wildman–Crippen MR) is 230 cm³/mol. The molecule has 0 atom stereocenters. The van der Waals surface area contributed by atoms with Crippen LogP contribution in [0.2, 0.25) is 0 Å². The topological polar surface area (TPSA) is 137 Å². The Morgan fingerprint density at radius 1 is 0.596 bits per heavy atom. The number of carbonyl (C=O) groups excluding carboxylic acids is 1. The van der Waals surface area contributed by atoms with E-state index in [0.717, 1.165) is 59.6 Å². The van der Waals surface area contributed by atoms with Crippen LogP contribution in [0.3, 0.4) is 0 Å². The number of carboxylic acids is 1. The number of amides is 1. The lowest BCUT2D eigenvalue weighted by Crippen LogP contribution is -2.44. The minimum Gasteiger partial charge on any atom is -0.478 e. The lowest BCUT2D eigenvalue weighted by atomic mass is 10.00. The lowest BCUT2D eigenvalue weighted by Gasteiger charge is -2.33. The van der Waals surface area contributed by atoms with Gasteiger partial charge in [0.2, 0.25) is 0 Å². The summed E-state index contributed by atoms with van der Waals surface area (Å²) in [6.45, 7) is 3.94. The largest absolute Gasteiger partial charge is 0.478 e. The number of carboxylic acid groups (broad SMARTS) is 1. The van der Waals surface area contributed by atoms with E-state index in [9.17, 15) is 14.7 Å². The number of hydrogen-bond acceptors (Lipinski definition) is 11. The van der Waals surface area contributed by atoms with Crippen molar-refractivity contribution in [1.82, 2.24) is 29.8 Å². The second kappa shape index (κ2) is 15.5. The first-order valence-corrected chi connectivity index (χ1v) is 20.0. The summed E-state index contributed by atoms with van der Waals surface area (Å²) >= 11 is 3.36. The summed E-state index contributed by atoms with van der Waals surface area (Å²) in [5.41, 5.74) is 7.69. The van der Waals surface area contributed by atoms with E-state index in [1.165, 1.54) is 21.0 Å². The number of nitrogens with zero attached hydrogens (tertiary/aromatic N) is 7. The zero-order valence-electron chi connectivity index (χ0n) is 30.7. The normalized spacial score (nSPS) is 13.2. The third-order valence-electron chi connectivity index (χ3n) is 10.1. The smallest absolute Gasteiger partial charge is 0.337 e. The summed E-state index contributed by atoms with van der Waals surface area (Å²) < 4.78 is 2.41. The third-order valence-corrected chi connectivity index (χ3v) is 12.0. The fourth-order valence-corrected chi connectivity index (χ4v) is 9.08. The van der Waals surface area contributed by atoms with E-state index in [-0.39, 0.29) is 11.5 Å². The summed E-state index contributed by atoms with van der Waals surface area (Å²) in [4.78, 5) is 51.5. The van der Waals surface area contributed by atoms with Crippen molar-refractivity contribution in [3.63, 3.8) is 0 Å². The number of piperazine rings is 1. The third kappa shape index (κ3) is 7.04. The fourth-order valence-electron chi connectivity index (χ4n) is 7.16. The number of aromatic carboxylic acids is 1. The van der Waals surface area contributed by atoms with Gasteiger partial charge in [-0.2, -0.15) is 0 Å². The number of benzene rings is 4. The summed E-state index contributed by atoms with van der Waals surface area (Å²) in [5, 5.41) is 18.8. The number of nitrogens with one attached hydrogen (secondary N) is 1. The van der Waals surface area contributed by atoms with Crippen molar-refractivity contribution >= 4 is 88.3 Å². The van der Waals surface area contributed by atoms with Crippen LogP contribution in [-0.2, 0) is 0 Å². The van der Waals surface area contributed by atoms with Crippen LogP contribution in [0.1, 0.15) is 20.7 Å². The van der Waals surface area contributed by atoms with Crippen molar-refractivity contribution < 1.29 is 14.7 Å². The average molecular weight is 787 g/mol. The van der Waals surface area contributed by atoms with Crippen molar-refractivity contribution in [3.8, 4) is 22.3 Å². The molecule has 280 valence electrons. The van der Waals surface area contributed by atoms with Gasteiger partial charge in [-0.3, -0.25) is 24.7 Å². The van der Waals surface area contributed by atoms with E-state index in [1.807, 2.05) is 54.6 Å². The van der Waals surface area contributed by atoms with E-state index < -0.39 is 5.97 Å². The van der Waals surface area contributed by atoms with Crippen LogP contribution < -0.4 is 10.2 Å². The maximum absolute atomic E-state index is 13.2. The molecule has 6 heterocycles. The highest BCUT2D eigenvalue weighted by Gasteiger charge is 2.20. The van der Waals surface area contributed by atoms with Crippen LogP contribution >= 0.6 is 22.7 Å². The number of thiophene rings is 2. The molecule has 13 heteroatoms. The lowest BCUT2D eigenvalue weighted by molar-refractivity contribution is 0.0698. The number of carbonyl (C=O) groups is 2. The number of fused-ring (bicyclic) bond motifs is 4. The molecular weight excluding hydrogens is 753 g/mol. The van der Waals surface area contributed by atoms with Gasteiger partial charge < -0.3 is 20.2 Å². The van der Waals surface area contributed by atoms with E-state index in [2.05, 4.69) is 82.1 Å². The number of aromatic nitrogens is 5. The maximum atomic E-state index is 13.2. The zero-order valence-corrected chi connectivity index (χ0v) is 32.3. The Morgan fingerprint density at radius 2 is 1.12 bits per heavy atom. The molecule has 2 N–H and O–H groups in total. The van der Waals surface area contributed by atoms with Crippen molar-refractivity contribution in [3.05, 3.63) is 138 Å². The van der Waals surface area contributed by atoms with Crippen LogP contribution in [0.4, 0.5) is 11.5 Å². The molecule has 0 spiro atoms. The molecule has 1 amide bonds. The molecule has 10 rings (SSSR count). The highest BCUT2D eigenvalue weighted by molar-refractivity contribution is 7.18. The van der Waals surface area contributed by atoms with Crippen molar-refractivity contribution in [2.75, 3.05) is 43.4 Å². The maximum Gasteiger partial charge on any atom is 0.337 e. The SMILES string of the molecule is CN1CCN(c2ccc(NC(=O)c3ccc(-c4csc5ccccc45)c4nccnc34)cn2)CC1.O=C(O)c1ccc(-c2csc3ccccc23)c2nccnc12. The Kier molecular flexibility index (Phi) is 9.76. The van der Waals surface area contributed by atoms with Crippen molar-refractivity contribution in [2.45, 2.75) is 0 Å². The molecule has 1 aliphatic heterocycles. The van der Waals surface area contributed by atoms with Gasteiger partial charge in [-0.25, -0.2) is 9.78 Å². The molecule has 0 bridgehead atoms. The molecule has 0 saturated carbocycles. The first-order valence-electron chi connectivity index (χ1n) is 18.3. The van der Waals surface area contributed by atoms with Crippen LogP contribution in [-0.4, -0.2) is 80.0 Å². The average Bonchev–Trinajstić information content (AvgIpc) is 3.89. The molecular formula is C44H34N8O3S2. The predicted octanol–water partition coefficient (Wildman–Crippen LogP) is 9.12. The second-order valence-corrected chi connectivity index (χ2v) is 15.4. The Morgan fingerprint density at radius 3 is 1.67 bits per heavy atom. The first-order chi connectivity index (χ1) is 27.9. The minimum absolute atomic E-state index is 0.173. The molecule has 11 nitrogen and oxygen atoms in total. The Bertz CT molecular complexity index is 2940. The van der Waals surface area contributed by atoms with E-state index in [4.69, 9.17) is 0 Å². The Balaban J connectivity index is 0.000000165. The molecule has 1 fully saturated rings. The standard InChI is InChI=1S/C27H24N6OS.C17H10N2O2S/c1-32-12-14-33(15-13-32)24-9-6-18(16-30-24)31-27(34)21-8-7-20(25-26(21)29-11-10-28-25)22-17-35-23-5-3-2-4-19(22)23;20-17(21)12-6-5-11(15-16(12)19-8-7-18-15)13-9-22-14-4-2-1-3-10(13)14/h2-11,16-17H,12-15H2,1H3,(H,31,34);1-9H,(H,20,21). The monoisotopic (exact) mass is 786 g/mol. The Hall–Kier alpha value is -6.67. The molecule has 0 aliphatic carbocycles. The van der Waals surface area contributed by atoms with Crippen molar-refractivity contribution in [2.24, 2.45) is 0 Å². The van der Waals surface area contributed by atoms with Gasteiger partial charge >= 0.3 is 5.97 Å². The fraction of sp³-hybridized carbons (Fsp3) is 0.114. The van der Waals surface area contributed by atoms with Crippen LogP contribution in [0, 0.1) is 0 Å². The van der Waals surface area contributed by atoms with Gasteiger partial charge in [0.05, 0.1) is 34.0 Å². The number of anilines is 2. The molecule has 1 saturated heterocycles. The van der Waals surface area contributed by atoms with Gasteiger partial charge in [-0.15, -0.1) is 22.7 Å². The highest BCUT2D eigenvalue weighted by atomic mass is 32.1.